The first-order chi connectivity index (χ1) is 15.7. The molecule has 172 valence electrons. The number of hydrogen-bond acceptors (Lipinski definition) is 5. The van der Waals surface area contributed by atoms with E-state index < -0.39 is 34.0 Å². The second-order valence-electron chi connectivity index (χ2n) is 7.44. The molecule has 1 aliphatic heterocycles. The third-order valence-corrected chi connectivity index (χ3v) is 7.20. The Morgan fingerprint density at radius 3 is 2.21 bits per heavy atom. The largest absolute Gasteiger partial charge is 0.457 e. The first kappa shape index (κ1) is 22.7. The van der Waals surface area contributed by atoms with Crippen LogP contribution in [0.25, 0.3) is 0 Å². The van der Waals surface area contributed by atoms with Crippen molar-refractivity contribution in [1.29, 1.82) is 0 Å². The Bertz CT molecular complexity index is 1300. The van der Waals surface area contributed by atoms with Crippen LogP contribution in [0.4, 0.5) is 13.6 Å². The van der Waals surface area contributed by atoms with Crippen LogP contribution >= 0.6 is 0 Å². The lowest BCUT2D eigenvalue weighted by Gasteiger charge is -2.35. The first-order valence-corrected chi connectivity index (χ1v) is 11.4. The van der Waals surface area contributed by atoms with Gasteiger partial charge >= 0.3 is 6.09 Å². The summed E-state index contributed by atoms with van der Waals surface area (Å²) in [5.41, 5.74) is 6.48. The molecule has 0 saturated carbocycles. The quantitative estimate of drug-likeness (QED) is 0.591. The number of halogens is 2. The Hall–Kier alpha value is -3.50. The van der Waals surface area contributed by atoms with Gasteiger partial charge < -0.3 is 15.2 Å². The second kappa shape index (κ2) is 8.80. The van der Waals surface area contributed by atoms with E-state index in [1.807, 2.05) is 0 Å². The number of fused-ring (bicyclic) bond motifs is 1. The summed E-state index contributed by atoms with van der Waals surface area (Å²) in [6.45, 7) is 1.73. The molecular weight excluding hydrogens is 454 g/mol. The molecule has 0 spiro atoms. The molecule has 1 amide bonds. The van der Waals surface area contributed by atoms with E-state index in [2.05, 4.69) is 0 Å². The van der Waals surface area contributed by atoms with E-state index in [0.29, 0.717) is 17.1 Å². The SMILES string of the molecule is Cc1ccc(F)c2c1CCN(S(=O)(=O)c1ccc(Oc3ccc(F)cc3)cc1)[C@@H]2OC(N)=O. The molecule has 0 bridgehead atoms. The van der Waals surface area contributed by atoms with Gasteiger partial charge in [-0.1, -0.05) is 6.07 Å². The van der Waals surface area contributed by atoms with Crippen molar-refractivity contribution in [2.75, 3.05) is 6.54 Å². The van der Waals surface area contributed by atoms with E-state index >= 15 is 0 Å². The van der Waals surface area contributed by atoms with E-state index in [0.717, 1.165) is 9.87 Å². The monoisotopic (exact) mass is 474 g/mol. The van der Waals surface area contributed by atoms with Crippen molar-refractivity contribution in [1.82, 2.24) is 4.31 Å². The van der Waals surface area contributed by atoms with Crippen LogP contribution in [0, 0.1) is 18.6 Å². The van der Waals surface area contributed by atoms with Gasteiger partial charge in [0.15, 0.2) is 6.23 Å². The van der Waals surface area contributed by atoms with E-state index in [1.54, 1.807) is 13.0 Å². The summed E-state index contributed by atoms with van der Waals surface area (Å²) in [5, 5.41) is 0. The molecular formula is C23H20F2N2O5S. The minimum atomic E-state index is -4.20. The third kappa shape index (κ3) is 4.53. The van der Waals surface area contributed by atoms with E-state index in [9.17, 15) is 22.0 Å². The van der Waals surface area contributed by atoms with Crippen molar-refractivity contribution in [3.05, 3.63) is 89.0 Å². The molecule has 0 unspecified atom stereocenters. The van der Waals surface area contributed by atoms with Crippen LogP contribution in [0.2, 0.25) is 0 Å². The number of sulfonamides is 1. The number of benzene rings is 3. The number of nitrogens with zero attached hydrogens (tertiary/aromatic N) is 1. The van der Waals surface area contributed by atoms with Crippen LogP contribution in [-0.4, -0.2) is 25.4 Å². The smallest absolute Gasteiger partial charge is 0.406 e. The van der Waals surface area contributed by atoms with Crippen molar-refractivity contribution < 1.29 is 31.5 Å². The van der Waals surface area contributed by atoms with Gasteiger partial charge in [-0.05, 0) is 79.1 Å². The highest BCUT2D eigenvalue weighted by Gasteiger charge is 2.41. The number of amides is 1. The van der Waals surface area contributed by atoms with Gasteiger partial charge in [-0.2, -0.15) is 4.31 Å². The fourth-order valence-electron chi connectivity index (χ4n) is 3.75. The fourth-order valence-corrected chi connectivity index (χ4v) is 5.24. The molecule has 3 aromatic rings. The Kier molecular flexibility index (Phi) is 6.05. The fraction of sp³-hybridized carbons (Fsp3) is 0.174. The molecule has 10 heteroatoms. The normalized spacial score (nSPS) is 16.2. The van der Waals surface area contributed by atoms with Crippen LogP contribution < -0.4 is 10.5 Å². The Labute approximate surface area is 189 Å². The minimum absolute atomic E-state index is 0.0279. The average molecular weight is 474 g/mol. The lowest BCUT2D eigenvalue weighted by atomic mass is 9.94. The van der Waals surface area contributed by atoms with Crippen molar-refractivity contribution in [2.24, 2.45) is 5.73 Å². The first-order valence-electron chi connectivity index (χ1n) is 9.96. The standard InChI is InChI=1S/C23H20F2N2O5S/c1-14-2-11-20(25)21-19(14)12-13-27(22(21)32-23(26)28)33(29,30)18-9-7-17(8-10-18)31-16-5-3-15(24)4-6-16/h2-11,22H,12-13H2,1H3,(H2,26,28)/t22-/m1/s1. The molecule has 33 heavy (non-hydrogen) atoms. The summed E-state index contributed by atoms with van der Waals surface area (Å²) in [4.78, 5) is 11.4. The van der Waals surface area contributed by atoms with Crippen molar-refractivity contribution in [2.45, 2.75) is 24.5 Å². The summed E-state index contributed by atoms with van der Waals surface area (Å²) in [5.74, 6) is -0.396. The summed E-state index contributed by atoms with van der Waals surface area (Å²) < 4.78 is 66.1. The topological polar surface area (TPSA) is 98.9 Å². The third-order valence-electron chi connectivity index (χ3n) is 5.34. The predicted molar refractivity (Wildman–Crippen MR) is 115 cm³/mol. The van der Waals surface area contributed by atoms with Gasteiger partial charge in [0.2, 0.25) is 10.0 Å². The molecule has 7 nitrogen and oxygen atoms in total. The number of primary amides is 1. The Balaban J connectivity index is 1.65. The van der Waals surface area contributed by atoms with E-state index in [-0.39, 0.29) is 23.4 Å². The Morgan fingerprint density at radius 1 is 1.00 bits per heavy atom. The highest BCUT2D eigenvalue weighted by Crippen LogP contribution is 2.38. The van der Waals surface area contributed by atoms with Crippen LogP contribution in [0.1, 0.15) is 22.9 Å². The molecule has 0 saturated heterocycles. The summed E-state index contributed by atoms with van der Waals surface area (Å²) >= 11 is 0. The summed E-state index contributed by atoms with van der Waals surface area (Å²) in [6.07, 6.45) is -2.52. The molecule has 3 aromatic carbocycles. The summed E-state index contributed by atoms with van der Waals surface area (Å²) in [6, 6.07) is 13.6. The molecule has 2 N–H and O–H groups in total. The van der Waals surface area contributed by atoms with Gasteiger partial charge in [0.25, 0.3) is 0 Å². The maximum absolute atomic E-state index is 14.7. The number of carbonyl (C=O) groups is 1. The van der Waals surface area contributed by atoms with Crippen molar-refractivity contribution in [3.63, 3.8) is 0 Å². The van der Waals surface area contributed by atoms with Crippen LogP contribution in [-0.2, 0) is 21.2 Å². The molecule has 0 fully saturated rings. The predicted octanol–water partition coefficient (Wildman–Crippen LogP) is 4.41. The molecule has 1 heterocycles. The van der Waals surface area contributed by atoms with E-state index in [4.69, 9.17) is 15.2 Å². The Morgan fingerprint density at radius 2 is 1.61 bits per heavy atom. The molecule has 0 radical (unpaired) electrons. The van der Waals surface area contributed by atoms with Crippen LogP contribution in [0.3, 0.4) is 0 Å². The maximum atomic E-state index is 14.7. The molecule has 1 atom stereocenters. The molecule has 0 aliphatic carbocycles. The second-order valence-corrected chi connectivity index (χ2v) is 9.33. The van der Waals surface area contributed by atoms with Crippen molar-refractivity contribution in [3.8, 4) is 11.5 Å². The number of carbonyl (C=O) groups excluding carboxylic acids is 1. The number of ether oxygens (including phenoxy) is 2. The van der Waals surface area contributed by atoms with Crippen LogP contribution in [0.5, 0.6) is 11.5 Å². The number of hydrogen-bond donors (Lipinski definition) is 1. The highest BCUT2D eigenvalue weighted by molar-refractivity contribution is 7.89. The van der Waals surface area contributed by atoms with Crippen LogP contribution in [0.15, 0.2) is 65.6 Å². The molecule has 0 aromatic heterocycles. The molecule has 1 aliphatic rings. The highest BCUT2D eigenvalue weighted by atomic mass is 32.2. The lowest BCUT2D eigenvalue weighted by Crippen LogP contribution is -2.43. The number of nitrogens with two attached hydrogens (primary N) is 1. The average Bonchev–Trinajstić information content (AvgIpc) is 2.78. The van der Waals surface area contributed by atoms with Gasteiger partial charge in [-0.25, -0.2) is 22.0 Å². The molecule has 4 rings (SSSR count). The zero-order valence-corrected chi connectivity index (χ0v) is 18.3. The zero-order chi connectivity index (χ0) is 23.8. The summed E-state index contributed by atoms with van der Waals surface area (Å²) in [7, 11) is -4.20. The van der Waals surface area contributed by atoms with Crippen molar-refractivity contribution >= 4 is 16.1 Å². The van der Waals surface area contributed by atoms with Gasteiger partial charge in [0, 0.05) is 12.1 Å². The van der Waals surface area contributed by atoms with Gasteiger partial charge in [0.05, 0.1) is 4.90 Å². The minimum Gasteiger partial charge on any atom is -0.457 e. The zero-order valence-electron chi connectivity index (χ0n) is 17.5. The number of rotatable bonds is 5. The number of aryl methyl sites for hydroxylation is 1. The van der Waals surface area contributed by atoms with Gasteiger partial charge in [-0.3, -0.25) is 0 Å². The lowest BCUT2D eigenvalue weighted by molar-refractivity contribution is 0.0268. The van der Waals surface area contributed by atoms with Gasteiger partial charge in [0.1, 0.15) is 23.1 Å². The van der Waals surface area contributed by atoms with Gasteiger partial charge in [-0.15, -0.1) is 0 Å². The van der Waals surface area contributed by atoms with E-state index in [1.165, 1.54) is 54.6 Å². The maximum Gasteiger partial charge on any atom is 0.406 e.